The highest BCUT2D eigenvalue weighted by Gasteiger charge is 2.31. The van der Waals surface area contributed by atoms with E-state index in [9.17, 15) is 18.3 Å². The summed E-state index contributed by atoms with van der Waals surface area (Å²) in [6, 6.07) is 20.3. The lowest BCUT2D eigenvalue weighted by molar-refractivity contribution is 0.0776. The number of ether oxygens (including phenoxy) is 1. The van der Waals surface area contributed by atoms with Crippen LogP contribution in [0.4, 0.5) is 10.8 Å². The molecule has 0 saturated carbocycles. The third-order valence-electron chi connectivity index (χ3n) is 6.95. The van der Waals surface area contributed by atoms with E-state index in [-0.39, 0.29) is 29.8 Å². The molecule has 0 spiro atoms. The Morgan fingerprint density at radius 2 is 1.73 bits per heavy atom. The third kappa shape index (κ3) is 8.88. The molecule has 0 unspecified atom stereocenters. The van der Waals surface area contributed by atoms with Crippen LogP contribution in [0.1, 0.15) is 41.0 Å². The fourth-order valence-electron chi connectivity index (χ4n) is 4.83. The highest BCUT2D eigenvalue weighted by atomic mass is 32.2. The van der Waals surface area contributed by atoms with Gasteiger partial charge in [-0.05, 0) is 79.8 Å². The number of sulfonamides is 1. The van der Waals surface area contributed by atoms with E-state index in [2.05, 4.69) is 15.6 Å². The van der Waals surface area contributed by atoms with Gasteiger partial charge < -0.3 is 20.5 Å². The number of nitrogens with one attached hydrogen (secondary N) is 2. The van der Waals surface area contributed by atoms with Crippen molar-refractivity contribution in [3.8, 4) is 5.75 Å². The maximum atomic E-state index is 13.7. The van der Waals surface area contributed by atoms with Gasteiger partial charge in [-0.3, -0.25) is 4.79 Å². The normalized spacial score (nSPS) is 13.1. The van der Waals surface area contributed by atoms with Gasteiger partial charge in [0.25, 0.3) is 5.91 Å². The minimum Gasteiger partial charge on any atom is -0.497 e. The average Bonchev–Trinajstić information content (AvgIpc) is 3.40. The van der Waals surface area contributed by atoms with Gasteiger partial charge in [0.1, 0.15) is 5.75 Å². The lowest BCUT2D eigenvalue weighted by atomic mass is 10.00. The average molecular weight is 637 g/mol. The number of anilines is 2. The van der Waals surface area contributed by atoms with E-state index in [1.54, 1.807) is 24.3 Å². The summed E-state index contributed by atoms with van der Waals surface area (Å²) in [6.07, 6.45) is -0.895. The first-order chi connectivity index (χ1) is 20.9. The van der Waals surface area contributed by atoms with Gasteiger partial charge in [-0.25, -0.2) is 13.4 Å². The Bertz CT molecular complexity index is 1640. The maximum absolute atomic E-state index is 13.7. The zero-order valence-electron chi connectivity index (χ0n) is 25.7. The smallest absolute Gasteiger partial charge is 0.251 e. The number of aliphatic hydroxyl groups excluding tert-OH is 1. The number of hydrogen-bond donors (Lipinski definition) is 3. The molecule has 0 saturated heterocycles. The van der Waals surface area contributed by atoms with E-state index >= 15 is 0 Å². The van der Waals surface area contributed by atoms with Crippen LogP contribution in [0.5, 0.6) is 5.75 Å². The number of hydrogen-bond acceptors (Lipinski definition) is 8. The van der Waals surface area contributed by atoms with Crippen LogP contribution < -0.4 is 15.4 Å². The Morgan fingerprint density at radius 3 is 2.34 bits per heavy atom. The molecule has 1 heterocycles. The zero-order valence-corrected chi connectivity index (χ0v) is 27.3. The van der Waals surface area contributed by atoms with Crippen LogP contribution in [0.25, 0.3) is 0 Å². The monoisotopic (exact) mass is 636 g/mol. The van der Waals surface area contributed by atoms with E-state index in [0.717, 1.165) is 27.6 Å². The minimum absolute atomic E-state index is 0.00257. The van der Waals surface area contributed by atoms with Crippen molar-refractivity contribution >= 4 is 38.1 Å². The Morgan fingerprint density at radius 1 is 1.02 bits per heavy atom. The Balaban J connectivity index is 1.60. The van der Waals surface area contributed by atoms with Crippen LogP contribution in [0.15, 0.2) is 83.1 Å². The summed E-state index contributed by atoms with van der Waals surface area (Å²) in [5, 5.41) is 20.5. The molecule has 1 amide bonds. The fraction of sp³-hybridized carbons (Fsp3) is 0.333. The molecule has 4 aromatic rings. The van der Waals surface area contributed by atoms with Gasteiger partial charge in [0.2, 0.25) is 10.0 Å². The molecule has 0 fully saturated rings. The quantitative estimate of drug-likeness (QED) is 0.166. The first-order valence-corrected chi connectivity index (χ1v) is 16.7. The van der Waals surface area contributed by atoms with Crippen LogP contribution in [0, 0.1) is 19.8 Å². The van der Waals surface area contributed by atoms with Crippen LogP contribution in [-0.2, 0) is 16.4 Å². The molecule has 0 aliphatic rings. The lowest BCUT2D eigenvalue weighted by Crippen LogP contribution is -2.51. The van der Waals surface area contributed by atoms with Crippen LogP contribution in [0.2, 0.25) is 0 Å². The molecular weight excluding hydrogens is 597 g/mol. The highest BCUT2D eigenvalue weighted by molar-refractivity contribution is 7.89. The van der Waals surface area contributed by atoms with Gasteiger partial charge >= 0.3 is 0 Å². The van der Waals surface area contributed by atoms with Crippen molar-refractivity contribution in [1.29, 1.82) is 0 Å². The topological polar surface area (TPSA) is 121 Å². The number of nitrogens with zero attached hydrogens (tertiary/aromatic N) is 2. The molecule has 1 aromatic heterocycles. The molecule has 9 nitrogen and oxygen atoms in total. The van der Waals surface area contributed by atoms with E-state index in [0.29, 0.717) is 17.7 Å². The van der Waals surface area contributed by atoms with Crippen molar-refractivity contribution in [3.05, 3.63) is 101 Å². The minimum atomic E-state index is -3.95. The molecule has 0 aliphatic heterocycles. The van der Waals surface area contributed by atoms with Gasteiger partial charge in [0.15, 0.2) is 5.13 Å². The van der Waals surface area contributed by atoms with Crippen LogP contribution >= 0.6 is 11.3 Å². The number of rotatable bonds is 14. The summed E-state index contributed by atoms with van der Waals surface area (Å²) in [4.78, 5) is 18.2. The number of amides is 1. The lowest BCUT2D eigenvalue weighted by Gasteiger charge is -2.31. The molecule has 44 heavy (non-hydrogen) atoms. The second kappa shape index (κ2) is 14.8. The third-order valence-corrected chi connectivity index (χ3v) is 9.67. The standard InChI is InChI=1S/C33H40N4O5S2/c1-22(2)19-37(44(40,41)29-13-11-28(42-5)12-14-29)20-31(38)30(17-25-9-7-6-8-10-25)36-32(39)26-15-23(3)16-27(18-26)35-33-34-24(4)21-43-33/h6-16,18,21-22,30-31,38H,17,19-20H2,1-5H3,(H,34,35)(H,36,39)/t30-,31+/m0/s1. The van der Waals surface area contributed by atoms with Crippen molar-refractivity contribution in [2.75, 3.05) is 25.5 Å². The summed E-state index contributed by atoms with van der Waals surface area (Å²) in [5.74, 6) is 0.166. The summed E-state index contributed by atoms with van der Waals surface area (Å²) >= 11 is 1.48. The van der Waals surface area contributed by atoms with Crippen molar-refractivity contribution in [2.45, 2.75) is 51.2 Å². The predicted octanol–water partition coefficient (Wildman–Crippen LogP) is 5.56. The van der Waals surface area contributed by atoms with E-state index < -0.39 is 22.2 Å². The zero-order chi connectivity index (χ0) is 31.9. The van der Waals surface area contributed by atoms with Crippen LogP contribution in [-0.4, -0.2) is 61.1 Å². The number of methoxy groups -OCH3 is 1. The Hall–Kier alpha value is -3.77. The molecule has 0 aliphatic carbocycles. The Labute approximate surface area is 264 Å². The first-order valence-electron chi connectivity index (χ1n) is 14.4. The summed E-state index contributed by atoms with van der Waals surface area (Å²) in [5.41, 5.74) is 3.81. The van der Waals surface area contributed by atoms with Crippen molar-refractivity contribution in [2.24, 2.45) is 5.92 Å². The SMILES string of the molecule is COc1ccc(S(=O)(=O)N(CC(C)C)C[C@@H](O)[C@H](Cc2ccccc2)NC(=O)c2cc(C)cc(Nc3nc(C)cs3)c2)cc1. The van der Waals surface area contributed by atoms with E-state index in [1.807, 2.05) is 69.5 Å². The molecule has 4 rings (SSSR count). The number of benzene rings is 3. The Kier molecular flexibility index (Phi) is 11.1. The highest BCUT2D eigenvalue weighted by Crippen LogP contribution is 2.24. The second-order valence-electron chi connectivity index (χ2n) is 11.2. The number of thiazole rings is 1. The van der Waals surface area contributed by atoms with Gasteiger partial charge in [-0.1, -0.05) is 44.2 Å². The number of carbonyl (C=O) groups is 1. The molecule has 11 heteroatoms. The molecule has 234 valence electrons. The van der Waals surface area contributed by atoms with Crippen molar-refractivity contribution in [3.63, 3.8) is 0 Å². The van der Waals surface area contributed by atoms with Gasteiger partial charge in [-0.2, -0.15) is 4.31 Å². The van der Waals surface area contributed by atoms with E-state index in [4.69, 9.17) is 4.74 Å². The number of aromatic nitrogens is 1. The number of carbonyl (C=O) groups excluding carboxylic acids is 1. The maximum Gasteiger partial charge on any atom is 0.251 e. The molecular formula is C33H40N4O5S2. The number of aliphatic hydroxyl groups is 1. The molecule has 3 N–H and O–H groups in total. The summed E-state index contributed by atoms with van der Waals surface area (Å²) in [7, 11) is -2.43. The summed E-state index contributed by atoms with van der Waals surface area (Å²) in [6.45, 7) is 7.65. The summed E-state index contributed by atoms with van der Waals surface area (Å²) < 4.78 is 33.9. The van der Waals surface area contributed by atoms with E-state index in [1.165, 1.54) is 34.9 Å². The number of aryl methyl sites for hydroxylation is 2. The van der Waals surface area contributed by atoms with Gasteiger partial charge in [0.05, 0.1) is 29.8 Å². The van der Waals surface area contributed by atoms with Crippen molar-refractivity contribution in [1.82, 2.24) is 14.6 Å². The largest absolute Gasteiger partial charge is 0.497 e. The van der Waals surface area contributed by atoms with Crippen molar-refractivity contribution < 1.29 is 23.1 Å². The fourth-order valence-corrected chi connectivity index (χ4v) is 7.16. The van der Waals surface area contributed by atoms with Gasteiger partial charge in [0, 0.05) is 29.7 Å². The first kappa shape index (κ1) is 33.1. The molecule has 2 atom stereocenters. The molecule has 3 aromatic carbocycles. The predicted molar refractivity (Wildman–Crippen MR) is 175 cm³/mol. The van der Waals surface area contributed by atoms with Gasteiger partial charge in [-0.15, -0.1) is 11.3 Å². The molecule has 0 bridgehead atoms. The second-order valence-corrected chi connectivity index (χ2v) is 14.0. The molecule has 0 radical (unpaired) electrons. The van der Waals surface area contributed by atoms with Crippen LogP contribution in [0.3, 0.4) is 0 Å².